The largest absolute Gasteiger partial charge is 0.345 e. The van der Waals surface area contributed by atoms with Crippen LogP contribution in [-0.2, 0) is 0 Å². The van der Waals surface area contributed by atoms with E-state index in [1.165, 1.54) is 10.8 Å². The zero-order valence-corrected chi connectivity index (χ0v) is 12.6. The van der Waals surface area contributed by atoms with Crippen molar-refractivity contribution in [1.29, 1.82) is 0 Å². The summed E-state index contributed by atoms with van der Waals surface area (Å²) in [6, 6.07) is 0.960. The second kappa shape index (κ2) is 5.99. The topological polar surface area (TPSA) is 31.4 Å². The Hall–Kier alpha value is -0.650. The molecule has 0 saturated carbocycles. The van der Waals surface area contributed by atoms with Gasteiger partial charge in [0.2, 0.25) is 0 Å². The Morgan fingerprint density at radius 1 is 1.56 bits per heavy atom. The van der Waals surface area contributed by atoms with Crippen molar-refractivity contribution >= 4 is 16.5 Å². The molecule has 0 bridgehead atoms. The summed E-state index contributed by atoms with van der Waals surface area (Å²) in [6.45, 7) is 10.9. The molecule has 5 heteroatoms. The third-order valence-corrected chi connectivity index (χ3v) is 4.61. The number of piperazine rings is 1. The fourth-order valence-electron chi connectivity index (χ4n) is 2.25. The maximum Gasteiger partial charge on any atom is 0.185 e. The highest BCUT2D eigenvalue weighted by molar-refractivity contribution is 7.13. The molecule has 1 saturated heterocycles. The van der Waals surface area contributed by atoms with Gasteiger partial charge in [0.25, 0.3) is 0 Å². The highest BCUT2D eigenvalue weighted by Gasteiger charge is 2.23. The second-order valence-corrected chi connectivity index (χ2v) is 5.95. The van der Waals surface area contributed by atoms with Gasteiger partial charge in [0.1, 0.15) is 0 Å². The van der Waals surface area contributed by atoms with Crippen LogP contribution in [0, 0.1) is 0 Å². The van der Waals surface area contributed by atoms with Crippen LogP contribution in [0.4, 0.5) is 5.13 Å². The summed E-state index contributed by atoms with van der Waals surface area (Å²) in [5.41, 5.74) is 1.17. The van der Waals surface area contributed by atoms with E-state index in [1.807, 2.05) is 0 Å². The van der Waals surface area contributed by atoms with Gasteiger partial charge < -0.3 is 15.1 Å². The molecule has 2 unspecified atom stereocenters. The molecule has 1 aliphatic heterocycles. The van der Waals surface area contributed by atoms with Gasteiger partial charge in [0.05, 0.1) is 5.69 Å². The first kappa shape index (κ1) is 13.8. The normalized spacial score (nSPS) is 23.3. The van der Waals surface area contributed by atoms with Crippen LogP contribution in [0.2, 0.25) is 0 Å². The van der Waals surface area contributed by atoms with Crippen LogP contribution in [0.3, 0.4) is 0 Å². The van der Waals surface area contributed by atoms with Crippen molar-refractivity contribution in [2.75, 3.05) is 38.1 Å². The van der Waals surface area contributed by atoms with Crippen molar-refractivity contribution < 1.29 is 0 Å². The Morgan fingerprint density at radius 2 is 2.33 bits per heavy atom. The van der Waals surface area contributed by atoms with Crippen molar-refractivity contribution in [3.63, 3.8) is 0 Å². The molecule has 1 aromatic rings. The Bertz CT molecular complexity index is 379. The standard InChI is InChI=1S/C13H24N4S/c1-5-14-11(3)12-9-18-13(15-12)17-7-6-16(4)10(2)8-17/h9-11,14H,5-8H2,1-4H3. The van der Waals surface area contributed by atoms with Gasteiger partial charge in [-0.2, -0.15) is 0 Å². The third kappa shape index (κ3) is 3.02. The molecule has 18 heavy (non-hydrogen) atoms. The van der Waals surface area contributed by atoms with E-state index in [9.17, 15) is 0 Å². The average molecular weight is 268 g/mol. The molecule has 0 aliphatic carbocycles. The smallest absolute Gasteiger partial charge is 0.185 e. The lowest BCUT2D eigenvalue weighted by molar-refractivity contribution is 0.234. The molecule has 2 heterocycles. The summed E-state index contributed by atoms with van der Waals surface area (Å²) in [5.74, 6) is 0. The van der Waals surface area contributed by atoms with Gasteiger partial charge >= 0.3 is 0 Å². The number of hydrogen-bond donors (Lipinski definition) is 1. The summed E-state index contributed by atoms with van der Waals surface area (Å²) < 4.78 is 0. The van der Waals surface area contributed by atoms with Crippen molar-refractivity contribution in [1.82, 2.24) is 15.2 Å². The predicted molar refractivity (Wildman–Crippen MR) is 78.5 cm³/mol. The minimum absolute atomic E-state index is 0.352. The number of nitrogens with zero attached hydrogens (tertiary/aromatic N) is 3. The molecule has 1 aliphatic rings. The first-order chi connectivity index (χ1) is 8.61. The third-order valence-electron chi connectivity index (χ3n) is 3.69. The number of likely N-dealkylation sites (N-methyl/N-ethyl adjacent to an activating group) is 1. The quantitative estimate of drug-likeness (QED) is 0.904. The van der Waals surface area contributed by atoms with Gasteiger partial charge in [-0.15, -0.1) is 11.3 Å². The number of thiazole rings is 1. The van der Waals surface area contributed by atoms with Gasteiger partial charge in [-0.25, -0.2) is 4.98 Å². The van der Waals surface area contributed by atoms with Crippen LogP contribution in [0.15, 0.2) is 5.38 Å². The maximum atomic E-state index is 4.78. The first-order valence-corrected chi connectivity index (χ1v) is 7.63. The van der Waals surface area contributed by atoms with Crippen molar-refractivity contribution in [3.05, 3.63) is 11.1 Å². The predicted octanol–water partition coefficient (Wildman–Crippen LogP) is 1.95. The van der Waals surface area contributed by atoms with Crippen LogP contribution in [-0.4, -0.2) is 49.2 Å². The maximum absolute atomic E-state index is 4.78. The van der Waals surface area contributed by atoms with E-state index in [2.05, 4.69) is 48.3 Å². The summed E-state index contributed by atoms with van der Waals surface area (Å²) in [6.07, 6.45) is 0. The number of aromatic nitrogens is 1. The van der Waals surface area contributed by atoms with E-state index in [1.54, 1.807) is 11.3 Å². The summed E-state index contributed by atoms with van der Waals surface area (Å²) >= 11 is 1.77. The van der Waals surface area contributed by atoms with Crippen molar-refractivity contribution in [3.8, 4) is 0 Å². The van der Waals surface area contributed by atoms with Gasteiger partial charge in [-0.3, -0.25) is 0 Å². The fourth-order valence-corrected chi connectivity index (χ4v) is 3.21. The van der Waals surface area contributed by atoms with Crippen molar-refractivity contribution in [2.24, 2.45) is 0 Å². The SMILES string of the molecule is CCNC(C)c1csc(N2CCN(C)C(C)C2)n1. The summed E-state index contributed by atoms with van der Waals surface area (Å²) in [7, 11) is 2.20. The van der Waals surface area contributed by atoms with E-state index in [0.717, 1.165) is 26.2 Å². The number of rotatable bonds is 4. The molecule has 1 N–H and O–H groups in total. The van der Waals surface area contributed by atoms with Crippen LogP contribution >= 0.6 is 11.3 Å². The molecule has 1 aromatic heterocycles. The lowest BCUT2D eigenvalue weighted by atomic mass is 10.2. The molecule has 102 valence electrons. The van der Waals surface area contributed by atoms with E-state index >= 15 is 0 Å². The van der Waals surface area contributed by atoms with Crippen LogP contribution in [0.1, 0.15) is 32.5 Å². The minimum Gasteiger partial charge on any atom is -0.345 e. The van der Waals surface area contributed by atoms with E-state index in [0.29, 0.717) is 12.1 Å². The highest BCUT2D eigenvalue weighted by atomic mass is 32.1. The number of hydrogen-bond acceptors (Lipinski definition) is 5. The van der Waals surface area contributed by atoms with Gasteiger partial charge in [-0.05, 0) is 27.4 Å². The fraction of sp³-hybridized carbons (Fsp3) is 0.769. The Morgan fingerprint density at radius 3 is 3.00 bits per heavy atom. The van der Waals surface area contributed by atoms with Gasteiger partial charge in [-0.1, -0.05) is 6.92 Å². The Balaban J connectivity index is 2.01. The molecule has 2 rings (SSSR count). The number of nitrogens with one attached hydrogen (secondary N) is 1. The lowest BCUT2D eigenvalue weighted by Crippen LogP contribution is -2.50. The molecule has 1 fully saturated rings. The summed E-state index contributed by atoms with van der Waals surface area (Å²) in [5, 5.41) is 6.77. The Labute approximate surface area is 114 Å². The molecule has 0 spiro atoms. The minimum atomic E-state index is 0.352. The van der Waals surface area contributed by atoms with Gasteiger partial charge in [0.15, 0.2) is 5.13 Å². The average Bonchev–Trinajstić information content (AvgIpc) is 2.82. The van der Waals surface area contributed by atoms with E-state index in [4.69, 9.17) is 4.98 Å². The van der Waals surface area contributed by atoms with Crippen LogP contribution in [0.25, 0.3) is 0 Å². The van der Waals surface area contributed by atoms with Crippen LogP contribution < -0.4 is 10.2 Å². The second-order valence-electron chi connectivity index (χ2n) is 5.11. The van der Waals surface area contributed by atoms with Crippen molar-refractivity contribution in [2.45, 2.75) is 32.9 Å². The molecule has 4 nitrogen and oxygen atoms in total. The van der Waals surface area contributed by atoms with Crippen LogP contribution in [0.5, 0.6) is 0 Å². The molecular weight excluding hydrogens is 244 g/mol. The molecule has 0 radical (unpaired) electrons. The highest BCUT2D eigenvalue weighted by Crippen LogP contribution is 2.25. The molecular formula is C13H24N4S. The molecule has 2 atom stereocenters. The molecule has 0 aromatic carbocycles. The molecule has 0 amide bonds. The Kier molecular flexibility index (Phi) is 4.59. The monoisotopic (exact) mass is 268 g/mol. The van der Waals surface area contributed by atoms with E-state index < -0.39 is 0 Å². The zero-order chi connectivity index (χ0) is 13.1. The van der Waals surface area contributed by atoms with E-state index in [-0.39, 0.29) is 0 Å². The number of anilines is 1. The first-order valence-electron chi connectivity index (χ1n) is 6.75. The summed E-state index contributed by atoms with van der Waals surface area (Å²) in [4.78, 5) is 9.60. The zero-order valence-electron chi connectivity index (χ0n) is 11.8. The van der Waals surface area contributed by atoms with Gasteiger partial charge in [0, 0.05) is 37.1 Å². The lowest BCUT2D eigenvalue weighted by Gasteiger charge is -2.37.